The number of morpholine rings is 1. The van der Waals surface area contributed by atoms with E-state index in [0.29, 0.717) is 0 Å². The van der Waals surface area contributed by atoms with E-state index in [1.54, 1.807) is 0 Å². The molecule has 0 N–H and O–H groups in total. The summed E-state index contributed by atoms with van der Waals surface area (Å²) >= 11 is 7.97. The predicted octanol–water partition coefficient (Wildman–Crippen LogP) is 4.94. The molecule has 1 aliphatic heterocycles. The Kier molecular flexibility index (Phi) is 6.15. The quantitative estimate of drug-likeness (QED) is 0.544. The second-order valence-electron chi connectivity index (χ2n) is 8.87. The van der Waals surface area contributed by atoms with Crippen LogP contribution in [0, 0.1) is 5.92 Å². The Hall–Kier alpha value is -1.73. The number of hydrogen-bond donors (Lipinski definition) is 0. The monoisotopic (exact) mass is 456 g/mol. The molecule has 5 nitrogen and oxygen atoms in total. The average Bonchev–Trinajstić information content (AvgIpc) is 3.12. The summed E-state index contributed by atoms with van der Waals surface area (Å²) in [5.41, 5.74) is 2.71. The molecule has 2 aromatic heterocycles. The Balaban J connectivity index is 1.53. The lowest BCUT2D eigenvalue weighted by molar-refractivity contribution is 0.0331. The van der Waals surface area contributed by atoms with E-state index in [2.05, 4.69) is 35.9 Å². The van der Waals surface area contributed by atoms with Gasteiger partial charge >= 0.3 is 0 Å². The highest BCUT2D eigenvalue weighted by molar-refractivity contribution is 7.19. The van der Waals surface area contributed by atoms with Gasteiger partial charge in [-0.15, -0.1) is 11.3 Å². The van der Waals surface area contributed by atoms with Gasteiger partial charge in [0, 0.05) is 36.6 Å². The molecule has 31 heavy (non-hydrogen) atoms. The van der Waals surface area contributed by atoms with Crippen molar-refractivity contribution in [1.82, 2.24) is 14.9 Å². The van der Waals surface area contributed by atoms with Crippen LogP contribution < -0.4 is 4.90 Å². The molecule has 164 valence electrons. The molecular weight excluding hydrogens is 428 g/mol. The molecular formula is C24H29ClN4OS. The number of nitrogens with zero attached hydrogens (tertiary/aromatic N) is 4. The van der Waals surface area contributed by atoms with E-state index >= 15 is 0 Å². The molecule has 0 amide bonds. The molecule has 1 unspecified atom stereocenters. The van der Waals surface area contributed by atoms with Crippen LogP contribution in [0.25, 0.3) is 10.2 Å². The number of aryl methyl sites for hydroxylation is 1. The average molecular weight is 457 g/mol. The van der Waals surface area contributed by atoms with Gasteiger partial charge in [0.2, 0.25) is 0 Å². The first-order chi connectivity index (χ1) is 15.1. The third-order valence-electron chi connectivity index (χ3n) is 6.35. The fourth-order valence-electron chi connectivity index (χ4n) is 4.61. The smallest absolute Gasteiger partial charge is 0.146 e. The van der Waals surface area contributed by atoms with Crippen molar-refractivity contribution in [2.24, 2.45) is 5.92 Å². The second kappa shape index (κ2) is 9.02. The van der Waals surface area contributed by atoms with Crippen molar-refractivity contribution in [2.75, 3.05) is 38.3 Å². The van der Waals surface area contributed by atoms with Crippen LogP contribution in [0.3, 0.4) is 0 Å². The largest absolute Gasteiger partial charge is 0.379 e. The number of benzene rings is 1. The topological polar surface area (TPSA) is 41.5 Å². The maximum Gasteiger partial charge on any atom is 0.146 e. The first kappa shape index (κ1) is 21.1. The van der Waals surface area contributed by atoms with Gasteiger partial charge in [0.25, 0.3) is 0 Å². The lowest BCUT2D eigenvalue weighted by Crippen LogP contribution is -2.36. The summed E-state index contributed by atoms with van der Waals surface area (Å²) in [6.07, 6.45) is 3.54. The maximum atomic E-state index is 6.09. The Bertz CT molecular complexity index is 1060. The van der Waals surface area contributed by atoms with Crippen molar-refractivity contribution in [2.45, 2.75) is 39.3 Å². The number of hydrogen-bond acceptors (Lipinski definition) is 6. The van der Waals surface area contributed by atoms with Gasteiger partial charge in [-0.25, -0.2) is 9.97 Å². The SMILES string of the molecule is CC1CCc2c(sc3nc(CN4CCOCC4)nc(N(C)Cc4ccc(Cl)cc4)c23)C1. The summed E-state index contributed by atoms with van der Waals surface area (Å²) in [5.74, 6) is 2.73. The standard InChI is InChI=1S/C24H29ClN4OS/c1-16-3-8-19-20(13-16)31-24-22(19)23(28(2)14-17-4-6-18(25)7-5-17)26-21(27-24)15-29-9-11-30-12-10-29/h4-7,16H,3,8-15H2,1-2H3. The summed E-state index contributed by atoms with van der Waals surface area (Å²) in [6.45, 7) is 7.39. The number of aromatic nitrogens is 2. The van der Waals surface area contributed by atoms with Gasteiger partial charge in [0.15, 0.2) is 0 Å². The third kappa shape index (κ3) is 4.58. The molecule has 1 fully saturated rings. The van der Waals surface area contributed by atoms with Crippen molar-refractivity contribution in [3.8, 4) is 0 Å². The lowest BCUT2D eigenvalue weighted by Gasteiger charge is -2.26. The molecule has 1 aliphatic carbocycles. The minimum Gasteiger partial charge on any atom is -0.379 e. The van der Waals surface area contributed by atoms with Crippen LogP contribution in [0.15, 0.2) is 24.3 Å². The second-order valence-corrected chi connectivity index (χ2v) is 10.4. The zero-order valence-corrected chi connectivity index (χ0v) is 19.8. The van der Waals surface area contributed by atoms with Crippen LogP contribution in [-0.2, 0) is 30.7 Å². The molecule has 1 saturated heterocycles. The summed E-state index contributed by atoms with van der Waals surface area (Å²) in [7, 11) is 2.14. The minimum atomic E-state index is 0.747. The van der Waals surface area contributed by atoms with Crippen LogP contribution in [0.4, 0.5) is 5.82 Å². The first-order valence-corrected chi connectivity index (χ1v) is 12.3. The third-order valence-corrected chi connectivity index (χ3v) is 7.75. The number of anilines is 1. The Labute approximate surface area is 193 Å². The number of thiophene rings is 1. The first-order valence-electron chi connectivity index (χ1n) is 11.1. The number of fused-ring (bicyclic) bond motifs is 3. The molecule has 0 bridgehead atoms. The summed E-state index contributed by atoms with van der Waals surface area (Å²) in [6, 6.07) is 8.10. The zero-order valence-electron chi connectivity index (χ0n) is 18.2. The molecule has 1 aromatic carbocycles. The van der Waals surface area contributed by atoms with Crippen LogP contribution in [-0.4, -0.2) is 48.2 Å². The van der Waals surface area contributed by atoms with Gasteiger partial charge in [-0.05, 0) is 48.4 Å². The molecule has 3 aromatic rings. The van der Waals surface area contributed by atoms with Gasteiger partial charge in [0.05, 0.1) is 25.1 Å². The van der Waals surface area contributed by atoms with E-state index in [1.807, 2.05) is 23.5 Å². The maximum absolute atomic E-state index is 6.09. The summed E-state index contributed by atoms with van der Waals surface area (Å²) in [4.78, 5) is 17.5. The highest BCUT2D eigenvalue weighted by atomic mass is 35.5. The molecule has 0 radical (unpaired) electrons. The lowest BCUT2D eigenvalue weighted by atomic mass is 9.89. The number of rotatable bonds is 5. The van der Waals surface area contributed by atoms with Crippen LogP contribution in [0.2, 0.25) is 5.02 Å². The van der Waals surface area contributed by atoms with Gasteiger partial charge < -0.3 is 9.64 Å². The fourth-order valence-corrected chi connectivity index (χ4v) is 6.13. The van der Waals surface area contributed by atoms with E-state index in [4.69, 9.17) is 26.3 Å². The molecule has 0 spiro atoms. The predicted molar refractivity (Wildman–Crippen MR) is 128 cm³/mol. The highest BCUT2D eigenvalue weighted by Gasteiger charge is 2.26. The fraction of sp³-hybridized carbons (Fsp3) is 0.500. The molecule has 7 heteroatoms. The minimum absolute atomic E-state index is 0.747. The highest BCUT2D eigenvalue weighted by Crippen LogP contribution is 2.41. The van der Waals surface area contributed by atoms with Crippen LogP contribution >= 0.6 is 22.9 Å². The van der Waals surface area contributed by atoms with Crippen LogP contribution in [0.1, 0.15) is 35.2 Å². The number of ether oxygens (including phenoxy) is 1. The Morgan fingerprint density at radius 2 is 1.97 bits per heavy atom. The van der Waals surface area contributed by atoms with E-state index in [9.17, 15) is 0 Å². The summed E-state index contributed by atoms with van der Waals surface area (Å²) < 4.78 is 5.51. The van der Waals surface area contributed by atoms with E-state index in [1.165, 1.54) is 27.8 Å². The van der Waals surface area contributed by atoms with Gasteiger partial charge in [-0.1, -0.05) is 30.7 Å². The summed E-state index contributed by atoms with van der Waals surface area (Å²) in [5, 5.41) is 2.04. The van der Waals surface area contributed by atoms with E-state index in [-0.39, 0.29) is 0 Å². The zero-order chi connectivity index (χ0) is 21.4. The number of halogens is 1. The van der Waals surface area contributed by atoms with Gasteiger partial charge in [-0.2, -0.15) is 0 Å². The van der Waals surface area contributed by atoms with Crippen LogP contribution in [0.5, 0.6) is 0 Å². The van der Waals surface area contributed by atoms with E-state index in [0.717, 1.165) is 79.6 Å². The van der Waals surface area contributed by atoms with Crippen molar-refractivity contribution >= 4 is 39.0 Å². The molecule has 0 saturated carbocycles. The van der Waals surface area contributed by atoms with E-state index < -0.39 is 0 Å². The Morgan fingerprint density at radius 3 is 2.74 bits per heavy atom. The van der Waals surface area contributed by atoms with Gasteiger partial charge in [0.1, 0.15) is 16.5 Å². The van der Waals surface area contributed by atoms with Crippen molar-refractivity contribution in [3.05, 3.63) is 51.1 Å². The Morgan fingerprint density at radius 1 is 1.19 bits per heavy atom. The molecule has 5 rings (SSSR count). The van der Waals surface area contributed by atoms with Crippen molar-refractivity contribution in [1.29, 1.82) is 0 Å². The van der Waals surface area contributed by atoms with Crippen molar-refractivity contribution in [3.63, 3.8) is 0 Å². The molecule has 1 atom stereocenters. The van der Waals surface area contributed by atoms with Crippen molar-refractivity contribution < 1.29 is 4.74 Å². The molecule has 2 aliphatic rings. The normalized spacial score (nSPS) is 19.5. The molecule has 3 heterocycles. The van der Waals surface area contributed by atoms with Gasteiger partial charge in [-0.3, -0.25) is 4.90 Å².